The Bertz CT molecular complexity index is 1030. The molecule has 3 unspecified atom stereocenters. The summed E-state index contributed by atoms with van der Waals surface area (Å²) in [6.45, 7) is 2.86. The van der Waals surface area contributed by atoms with E-state index >= 15 is 0 Å². The predicted molar refractivity (Wildman–Crippen MR) is 120 cm³/mol. The largest absolute Gasteiger partial charge is 0.396 e. The van der Waals surface area contributed by atoms with Crippen molar-refractivity contribution in [3.63, 3.8) is 0 Å². The molecule has 8 nitrogen and oxygen atoms in total. The second kappa shape index (κ2) is 11.0. The van der Waals surface area contributed by atoms with Gasteiger partial charge in [-0.1, -0.05) is 24.0 Å². The summed E-state index contributed by atoms with van der Waals surface area (Å²) >= 11 is 0. The third-order valence-corrected chi connectivity index (χ3v) is 8.07. The number of hydrogen-bond acceptors (Lipinski definition) is 7. The van der Waals surface area contributed by atoms with Gasteiger partial charge in [0.15, 0.2) is 9.84 Å². The average molecular weight is 463 g/mol. The molecule has 5 N–H and O–H groups in total. The van der Waals surface area contributed by atoms with Gasteiger partial charge in [0.2, 0.25) is 0 Å². The first kappa shape index (κ1) is 25.9. The molecule has 1 aromatic rings. The Morgan fingerprint density at radius 1 is 1.22 bits per heavy atom. The number of nitrogens with one attached hydrogen (secondary N) is 2. The molecular formula is C23H30N2O6S. The quantitative estimate of drug-likeness (QED) is 0.174. The number of aliphatic hydroxyl groups is 2. The lowest BCUT2D eigenvalue weighted by Gasteiger charge is -2.33. The summed E-state index contributed by atoms with van der Waals surface area (Å²) in [5.41, 5.74) is 2.51. The number of carbonyl (C=O) groups is 1. The van der Waals surface area contributed by atoms with E-state index in [0.29, 0.717) is 17.0 Å². The SMILES string of the molecule is CC(C)([C@H](NC(O)c1ccc(C#CC#CC2CCC(CO)C2)cc1)C(=O)NO)S(C)(=O)=O. The first-order valence-corrected chi connectivity index (χ1v) is 12.2. The highest BCUT2D eigenvalue weighted by Crippen LogP contribution is 2.29. The molecule has 9 heteroatoms. The predicted octanol–water partition coefficient (Wildman–Crippen LogP) is 0.728. The summed E-state index contributed by atoms with van der Waals surface area (Å²) in [4.78, 5) is 12.1. The van der Waals surface area contributed by atoms with Crippen molar-refractivity contribution in [2.75, 3.05) is 12.9 Å². The second-order valence-electron chi connectivity index (χ2n) is 8.55. The third-order valence-electron chi connectivity index (χ3n) is 5.92. The van der Waals surface area contributed by atoms with Crippen molar-refractivity contribution in [3.05, 3.63) is 35.4 Å². The number of benzene rings is 1. The van der Waals surface area contributed by atoms with Gasteiger partial charge in [0.25, 0.3) is 5.91 Å². The fraction of sp³-hybridized carbons (Fsp3) is 0.522. The van der Waals surface area contributed by atoms with Gasteiger partial charge in [-0.2, -0.15) is 0 Å². The molecular weight excluding hydrogens is 432 g/mol. The van der Waals surface area contributed by atoms with Crippen LogP contribution >= 0.6 is 0 Å². The lowest BCUT2D eigenvalue weighted by atomic mass is 10.0. The molecule has 0 bridgehead atoms. The third kappa shape index (κ3) is 6.55. The highest BCUT2D eigenvalue weighted by molar-refractivity contribution is 7.92. The summed E-state index contributed by atoms with van der Waals surface area (Å²) in [7, 11) is -3.70. The van der Waals surface area contributed by atoms with E-state index in [0.717, 1.165) is 25.5 Å². The van der Waals surface area contributed by atoms with Crippen LogP contribution in [0.3, 0.4) is 0 Å². The minimum atomic E-state index is -3.70. The molecule has 0 aliphatic heterocycles. The smallest absolute Gasteiger partial charge is 0.262 e. The van der Waals surface area contributed by atoms with Crippen LogP contribution in [0.5, 0.6) is 0 Å². The Morgan fingerprint density at radius 3 is 2.41 bits per heavy atom. The van der Waals surface area contributed by atoms with Crippen molar-refractivity contribution < 1.29 is 28.6 Å². The molecule has 0 heterocycles. The van der Waals surface area contributed by atoms with Gasteiger partial charge >= 0.3 is 0 Å². The van der Waals surface area contributed by atoms with Crippen LogP contribution in [-0.4, -0.2) is 53.4 Å². The van der Waals surface area contributed by atoms with Gasteiger partial charge in [0.05, 0.1) is 4.75 Å². The molecule has 1 fully saturated rings. The summed E-state index contributed by atoms with van der Waals surface area (Å²) < 4.78 is 22.6. The van der Waals surface area contributed by atoms with Gasteiger partial charge in [0.1, 0.15) is 12.3 Å². The Labute approximate surface area is 189 Å². The van der Waals surface area contributed by atoms with E-state index in [4.69, 9.17) is 5.21 Å². The van der Waals surface area contributed by atoms with E-state index in [2.05, 4.69) is 29.0 Å². The standard InChI is InChI=1S/C23H30N2O6S/c1-23(2,32(3,30)31)20(22(28)25-29)24-21(27)19-12-10-16(11-13-19)6-4-5-7-17-8-9-18(14-17)15-26/h10-13,17-18,20-21,24,26-27,29H,8-9,14-15H2,1-3H3,(H,25,28)/t17?,18?,20-,21?/m1/s1. The van der Waals surface area contributed by atoms with Crippen LogP contribution in [0.1, 0.15) is 50.5 Å². The zero-order chi connectivity index (χ0) is 23.9. The van der Waals surface area contributed by atoms with Crippen molar-refractivity contribution in [1.29, 1.82) is 0 Å². The van der Waals surface area contributed by atoms with Crippen LogP contribution < -0.4 is 10.8 Å². The Balaban J connectivity index is 2.07. The summed E-state index contributed by atoms with van der Waals surface area (Å²) in [5.74, 6) is 11.3. The number of carbonyl (C=O) groups excluding carboxylic acids is 1. The second-order valence-corrected chi connectivity index (χ2v) is 11.2. The van der Waals surface area contributed by atoms with Crippen molar-refractivity contribution in [2.24, 2.45) is 11.8 Å². The highest BCUT2D eigenvalue weighted by Gasteiger charge is 2.44. The maximum absolute atomic E-state index is 12.1. The van der Waals surface area contributed by atoms with Crippen LogP contribution in [0.2, 0.25) is 0 Å². The molecule has 1 aliphatic carbocycles. The molecule has 1 saturated carbocycles. The Kier molecular flexibility index (Phi) is 8.85. The molecule has 0 saturated heterocycles. The minimum Gasteiger partial charge on any atom is -0.396 e. The summed E-state index contributed by atoms with van der Waals surface area (Å²) in [6.07, 6.45) is 2.49. The van der Waals surface area contributed by atoms with Crippen LogP contribution in [0.15, 0.2) is 24.3 Å². The monoisotopic (exact) mass is 462 g/mol. The number of rotatable bonds is 7. The molecule has 1 aromatic carbocycles. The van der Waals surface area contributed by atoms with Gasteiger partial charge in [0, 0.05) is 24.3 Å². The average Bonchev–Trinajstić information content (AvgIpc) is 3.22. The van der Waals surface area contributed by atoms with Crippen molar-refractivity contribution in [3.8, 4) is 23.7 Å². The Hall–Kier alpha value is -2.40. The van der Waals surface area contributed by atoms with E-state index in [1.165, 1.54) is 19.3 Å². The lowest BCUT2D eigenvalue weighted by molar-refractivity contribution is -0.133. The zero-order valence-corrected chi connectivity index (χ0v) is 19.2. The van der Waals surface area contributed by atoms with Crippen molar-refractivity contribution >= 4 is 15.7 Å². The molecule has 0 radical (unpaired) electrons. The number of amides is 1. The summed E-state index contributed by atoms with van der Waals surface area (Å²) in [5, 5.41) is 31.2. The maximum Gasteiger partial charge on any atom is 0.262 e. The van der Waals surface area contributed by atoms with E-state index in [1.54, 1.807) is 24.3 Å². The molecule has 0 aromatic heterocycles. The number of aliphatic hydroxyl groups excluding tert-OH is 2. The van der Waals surface area contributed by atoms with E-state index < -0.39 is 32.8 Å². The van der Waals surface area contributed by atoms with Gasteiger partial charge in [-0.05, 0) is 68.6 Å². The summed E-state index contributed by atoms with van der Waals surface area (Å²) in [6, 6.07) is 5.14. The number of hydroxylamine groups is 1. The molecule has 2 rings (SSSR count). The van der Waals surface area contributed by atoms with Crippen LogP contribution in [0.4, 0.5) is 0 Å². The Morgan fingerprint density at radius 2 is 1.88 bits per heavy atom. The van der Waals surface area contributed by atoms with E-state index in [1.807, 2.05) is 0 Å². The normalized spacial score (nSPS) is 20.3. The topological polar surface area (TPSA) is 136 Å². The van der Waals surface area contributed by atoms with E-state index in [-0.39, 0.29) is 12.5 Å². The highest BCUT2D eigenvalue weighted by atomic mass is 32.2. The van der Waals surface area contributed by atoms with Gasteiger partial charge in [-0.3, -0.25) is 15.3 Å². The minimum absolute atomic E-state index is 0.202. The molecule has 1 aliphatic rings. The van der Waals surface area contributed by atoms with Gasteiger partial charge in [-0.25, -0.2) is 13.9 Å². The number of sulfone groups is 1. The van der Waals surface area contributed by atoms with Gasteiger partial charge < -0.3 is 10.2 Å². The van der Waals surface area contributed by atoms with Crippen LogP contribution in [0.25, 0.3) is 0 Å². The first-order valence-electron chi connectivity index (χ1n) is 10.3. The molecule has 0 spiro atoms. The van der Waals surface area contributed by atoms with Gasteiger partial charge in [-0.15, -0.1) is 0 Å². The fourth-order valence-electron chi connectivity index (χ4n) is 3.49. The number of hydrogen-bond donors (Lipinski definition) is 5. The zero-order valence-electron chi connectivity index (χ0n) is 18.4. The molecule has 32 heavy (non-hydrogen) atoms. The van der Waals surface area contributed by atoms with Crippen molar-refractivity contribution in [1.82, 2.24) is 10.8 Å². The molecule has 1 amide bonds. The molecule has 174 valence electrons. The lowest BCUT2D eigenvalue weighted by Crippen LogP contribution is -2.59. The maximum atomic E-state index is 12.1. The van der Waals surface area contributed by atoms with Crippen molar-refractivity contribution in [2.45, 2.75) is 50.1 Å². The molecule has 4 atom stereocenters. The van der Waals surface area contributed by atoms with Crippen LogP contribution in [-0.2, 0) is 14.6 Å². The van der Waals surface area contributed by atoms with E-state index in [9.17, 15) is 23.4 Å². The first-order chi connectivity index (χ1) is 15.0. The van der Waals surface area contributed by atoms with Crippen LogP contribution in [0, 0.1) is 35.5 Å². The fourth-order valence-corrected chi connectivity index (χ4v) is 4.09.